The van der Waals surface area contributed by atoms with Gasteiger partial charge in [0.15, 0.2) is 6.61 Å². The highest BCUT2D eigenvalue weighted by Crippen LogP contribution is 2.27. The summed E-state index contributed by atoms with van der Waals surface area (Å²) in [7, 11) is 1.60. The Kier molecular flexibility index (Phi) is 8.65. The van der Waals surface area contributed by atoms with Gasteiger partial charge in [0.05, 0.1) is 12.1 Å². The molecule has 0 aliphatic heterocycles. The molecule has 0 heterocycles. The third-order valence-corrected chi connectivity index (χ3v) is 6.16. The van der Waals surface area contributed by atoms with E-state index in [0.29, 0.717) is 15.8 Å². The van der Waals surface area contributed by atoms with Crippen molar-refractivity contribution in [2.45, 2.75) is 51.2 Å². The Hall–Kier alpha value is -2.44. The van der Waals surface area contributed by atoms with Crippen LogP contribution < -0.4 is 14.8 Å². The van der Waals surface area contributed by atoms with E-state index in [2.05, 4.69) is 5.32 Å². The fourth-order valence-corrected chi connectivity index (χ4v) is 4.18. The Balaban J connectivity index is 1.72. The van der Waals surface area contributed by atoms with Crippen molar-refractivity contribution in [1.29, 1.82) is 0 Å². The smallest absolute Gasteiger partial charge is 0.261 e. The predicted molar refractivity (Wildman–Crippen MR) is 125 cm³/mol. The van der Waals surface area contributed by atoms with Gasteiger partial charge in [0.2, 0.25) is 5.91 Å². The van der Waals surface area contributed by atoms with E-state index < -0.39 is 6.04 Å². The lowest BCUT2D eigenvalue weighted by molar-refractivity contribution is -0.142. The number of nitrogens with one attached hydrogen (secondary N) is 1. The molecule has 1 saturated carbocycles. The van der Waals surface area contributed by atoms with Gasteiger partial charge < -0.3 is 19.7 Å². The first-order valence-electron chi connectivity index (χ1n) is 10.7. The highest BCUT2D eigenvalue weighted by atomic mass is 35.5. The lowest BCUT2D eigenvalue weighted by Crippen LogP contribution is -2.50. The van der Waals surface area contributed by atoms with E-state index in [1.807, 2.05) is 24.3 Å². The number of rotatable bonds is 9. The van der Waals surface area contributed by atoms with Crippen molar-refractivity contribution in [3.63, 3.8) is 0 Å². The summed E-state index contributed by atoms with van der Waals surface area (Å²) < 4.78 is 10.8. The molecule has 1 atom stereocenters. The molecule has 1 aliphatic carbocycles. The van der Waals surface area contributed by atoms with Crippen LogP contribution in [0.15, 0.2) is 42.5 Å². The molecule has 0 bridgehead atoms. The molecule has 0 saturated heterocycles. The third kappa shape index (κ3) is 6.53. The molecule has 2 aromatic rings. The van der Waals surface area contributed by atoms with Gasteiger partial charge in [0.25, 0.3) is 5.91 Å². The number of carbonyl (C=O) groups excluding carboxylic acids is 2. The number of benzene rings is 2. The van der Waals surface area contributed by atoms with Gasteiger partial charge in [-0.3, -0.25) is 9.59 Å². The molecular formula is C24H28Cl2N2O4. The first-order valence-corrected chi connectivity index (χ1v) is 11.4. The van der Waals surface area contributed by atoms with Crippen molar-refractivity contribution in [3.8, 4) is 11.5 Å². The fraction of sp³-hybridized carbons (Fsp3) is 0.417. The number of carbonyl (C=O) groups is 2. The molecule has 1 N–H and O–H groups in total. The highest BCUT2D eigenvalue weighted by Gasteiger charge is 2.28. The average molecular weight is 479 g/mol. The topological polar surface area (TPSA) is 67.9 Å². The summed E-state index contributed by atoms with van der Waals surface area (Å²) >= 11 is 12.1. The predicted octanol–water partition coefficient (Wildman–Crippen LogP) is 4.86. The quantitative estimate of drug-likeness (QED) is 0.558. The molecule has 0 aromatic heterocycles. The van der Waals surface area contributed by atoms with Crippen LogP contribution in [0, 0.1) is 0 Å². The van der Waals surface area contributed by atoms with Crippen molar-refractivity contribution in [3.05, 3.63) is 58.1 Å². The molecule has 1 aliphatic rings. The van der Waals surface area contributed by atoms with Gasteiger partial charge in [0.1, 0.15) is 17.5 Å². The Labute approximate surface area is 198 Å². The highest BCUT2D eigenvalue weighted by molar-refractivity contribution is 6.35. The van der Waals surface area contributed by atoms with Crippen LogP contribution in [0.3, 0.4) is 0 Å². The summed E-state index contributed by atoms with van der Waals surface area (Å²) in [4.78, 5) is 27.6. The van der Waals surface area contributed by atoms with E-state index in [-0.39, 0.29) is 31.0 Å². The second-order valence-corrected chi connectivity index (χ2v) is 8.74. The van der Waals surface area contributed by atoms with Crippen LogP contribution in [-0.2, 0) is 16.1 Å². The Bertz CT molecular complexity index is 930. The van der Waals surface area contributed by atoms with Gasteiger partial charge in [-0.1, -0.05) is 48.2 Å². The van der Waals surface area contributed by atoms with Crippen molar-refractivity contribution >= 4 is 35.0 Å². The van der Waals surface area contributed by atoms with E-state index >= 15 is 0 Å². The zero-order valence-corrected chi connectivity index (χ0v) is 19.8. The molecule has 6 nitrogen and oxygen atoms in total. The lowest BCUT2D eigenvalue weighted by atomic mass is 10.1. The van der Waals surface area contributed by atoms with E-state index in [1.165, 1.54) is 4.90 Å². The molecule has 8 heteroatoms. The Morgan fingerprint density at radius 1 is 1.12 bits per heavy atom. The fourth-order valence-electron chi connectivity index (χ4n) is 3.72. The molecular weight excluding hydrogens is 451 g/mol. The summed E-state index contributed by atoms with van der Waals surface area (Å²) in [5.41, 5.74) is 0.879. The van der Waals surface area contributed by atoms with Gasteiger partial charge in [0, 0.05) is 17.6 Å². The number of methoxy groups -OCH3 is 1. The first-order chi connectivity index (χ1) is 15.4. The van der Waals surface area contributed by atoms with Crippen molar-refractivity contribution in [1.82, 2.24) is 10.2 Å². The summed E-state index contributed by atoms with van der Waals surface area (Å²) in [5.74, 6) is 0.598. The van der Waals surface area contributed by atoms with E-state index in [1.54, 1.807) is 32.2 Å². The standard InChI is InChI=1S/C24H28Cl2N2O4/c1-16(24(30)27-19-5-3-4-6-19)28(14-17-7-10-20(31-2)11-8-17)23(29)15-32-22-12-9-18(25)13-21(22)26/h7-13,16,19H,3-6,14-15H2,1-2H3,(H,27,30)/t16-/m1/s1. The number of ether oxygens (including phenoxy) is 2. The van der Waals surface area contributed by atoms with Gasteiger partial charge in [-0.25, -0.2) is 0 Å². The summed E-state index contributed by atoms with van der Waals surface area (Å²) in [6.07, 6.45) is 4.18. The van der Waals surface area contributed by atoms with Crippen LogP contribution in [0.2, 0.25) is 10.0 Å². The van der Waals surface area contributed by atoms with Gasteiger partial charge >= 0.3 is 0 Å². The third-order valence-electron chi connectivity index (χ3n) is 5.63. The van der Waals surface area contributed by atoms with E-state index in [9.17, 15) is 9.59 Å². The molecule has 172 valence electrons. The molecule has 2 amide bonds. The number of nitrogens with zero attached hydrogens (tertiary/aromatic N) is 1. The van der Waals surface area contributed by atoms with E-state index in [0.717, 1.165) is 37.0 Å². The van der Waals surface area contributed by atoms with Crippen LogP contribution in [0.25, 0.3) is 0 Å². The van der Waals surface area contributed by atoms with Gasteiger partial charge in [-0.05, 0) is 55.7 Å². The second-order valence-electron chi connectivity index (χ2n) is 7.90. The maximum atomic E-state index is 13.1. The Morgan fingerprint density at radius 3 is 2.44 bits per heavy atom. The second kappa shape index (κ2) is 11.4. The number of amides is 2. The minimum atomic E-state index is -0.658. The van der Waals surface area contributed by atoms with Crippen LogP contribution >= 0.6 is 23.2 Å². The molecule has 2 aromatic carbocycles. The molecule has 1 fully saturated rings. The summed E-state index contributed by atoms with van der Waals surface area (Å²) in [6.45, 7) is 1.75. The zero-order valence-electron chi connectivity index (χ0n) is 18.3. The molecule has 0 spiro atoms. The van der Waals surface area contributed by atoms with Crippen LogP contribution in [0.5, 0.6) is 11.5 Å². The van der Waals surface area contributed by atoms with Crippen LogP contribution in [0.4, 0.5) is 0 Å². The maximum Gasteiger partial charge on any atom is 0.261 e. The lowest BCUT2D eigenvalue weighted by Gasteiger charge is -2.29. The largest absolute Gasteiger partial charge is 0.497 e. The first kappa shape index (κ1) is 24.2. The summed E-state index contributed by atoms with van der Waals surface area (Å²) in [6, 6.07) is 11.7. The average Bonchev–Trinajstić information content (AvgIpc) is 3.29. The summed E-state index contributed by atoms with van der Waals surface area (Å²) in [5, 5.41) is 3.87. The van der Waals surface area contributed by atoms with Crippen molar-refractivity contribution < 1.29 is 19.1 Å². The maximum absolute atomic E-state index is 13.1. The molecule has 32 heavy (non-hydrogen) atoms. The van der Waals surface area contributed by atoms with Crippen molar-refractivity contribution in [2.24, 2.45) is 0 Å². The van der Waals surface area contributed by atoms with E-state index in [4.69, 9.17) is 32.7 Å². The minimum Gasteiger partial charge on any atom is -0.497 e. The SMILES string of the molecule is COc1ccc(CN(C(=O)COc2ccc(Cl)cc2Cl)[C@H](C)C(=O)NC2CCCC2)cc1. The monoisotopic (exact) mass is 478 g/mol. The van der Waals surface area contributed by atoms with Gasteiger partial charge in [-0.2, -0.15) is 0 Å². The normalized spacial score (nSPS) is 14.6. The van der Waals surface area contributed by atoms with Gasteiger partial charge in [-0.15, -0.1) is 0 Å². The number of hydrogen-bond acceptors (Lipinski definition) is 4. The zero-order chi connectivity index (χ0) is 23.1. The van der Waals surface area contributed by atoms with Crippen LogP contribution in [0.1, 0.15) is 38.2 Å². The number of halogens is 2. The number of hydrogen-bond donors (Lipinski definition) is 1. The molecule has 0 radical (unpaired) electrons. The minimum absolute atomic E-state index is 0.164. The molecule has 3 rings (SSSR count). The Morgan fingerprint density at radius 2 is 1.81 bits per heavy atom. The van der Waals surface area contributed by atoms with Crippen molar-refractivity contribution in [2.75, 3.05) is 13.7 Å². The van der Waals surface area contributed by atoms with Crippen LogP contribution in [-0.4, -0.2) is 42.5 Å². The molecule has 0 unspecified atom stereocenters.